The first kappa shape index (κ1) is 16.9. The molecule has 0 bridgehead atoms. The van der Waals surface area contributed by atoms with Crippen molar-refractivity contribution in [3.8, 4) is 5.75 Å². The van der Waals surface area contributed by atoms with Crippen LogP contribution in [0.3, 0.4) is 0 Å². The van der Waals surface area contributed by atoms with Gasteiger partial charge in [0, 0.05) is 32.5 Å². The molecule has 1 fully saturated rings. The quantitative estimate of drug-likeness (QED) is 0.892. The van der Waals surface area contributed by atoms with Crippen LogP contribution in [0, 0.1) is 6.92 Å². The Bertz CT molecular complexity index is 826. The number of hydrogen-bond donors (Lipinski definition) is 2. The highest BCUT2D eigenvalue weighted by Crippen LogP contribution is 2.33. The van der Waals surface area contributed by atoms with E-state index in [0.717, 1.165) is 55.0 Å². The Labute approximate surface area is 154 Å². The minimum Gasteiger partial charge on any atom is -0.497 e. The fourth-order valence-electron chi connectivity index (χ4n) is 3.95. The second-order valence-corrected chi connectivity index (χ2v) is 7.29. The van der Waals surface area contributed by atoms with Crippen molar-refractivity contribution in [3.05, 3.63) is 59.2 Å². The fourth-order valence-corrected chi connectivity index (χ4v) is 3.95. The third kappa shape index (κ3) is 3.15. The Balaban J connectivity index is 1.45. The number of carbonyl (C=O) groups excluding carboxylic acids is 1. The molecule has 0 aromatic heterocycles. The summed E-state index contributed by atoms with van der Waals surface area (Å²) in [6.45, 7) is 4.82. The van der Waals surface area contributed by atoms with Crippen molar-refractivity contribution in [1.82, 2.24) is 10.2 Å². The molecule has 1 spiro atoms. The van der Waals surface area contributed by atoms with Gasteiger partial charge in [-0.25, -0.2) is 0 Å². The van der Waals surface area contributed by atoms with E-state index < -0.39 is 0 Å². The molecule has 2 heterocycles. The molecule has 0 aliphatic carbocycles. The van der Waals surface area contributed by atoms with Gasteiger partial charge in [0.1, 0.15) is 11.4 Å². The van der Waals surface area contributed by atoms with Crippen LogP contribution in [-0.4, -0.2) is 36.7 Å². The molecule has 5 heteroatoms. The second-order valence-electron chi connectivity index (χ2n) is 7.29. The number of fused-ring (bicyclic) bond motifs is 1. The van der Waals surface area contributed by atoms with Gasteiger partial charge in [0.25, 0.3) is 5.91 Å². The van der Waals surface area contributed by atoms with Gasteiger partial charge in [0.05, 0.1) is 18.4 Å². The van der Waals surface area contributed by atoms with E-state index in [1.165, 1.54) is 5.56 Å². The molecule has 5 nitrogen and oxygen atoms in total. The number of methoxy groups -OCH3 is 1. The number of piperidine rings is 1. The third-order valence-corrected chi connectivity index (χ3v) is 5.48. The minimum atomic E-state index is -0.332. The van der Waals surface area contributed by atoms with E-state index in [4.69, 9.17) is 4.74 Å². The Hall–Kier alpha value is -2.53. The smallest absolute Gasteiger partial charge is 0.255 e. The zero-order valence-corrected chi connectivity index (χ0v) is 15.3. The number of benzene rings is 2. The molecule has 0 atom stereocenters. The number of rotatable bonds is 3. The van der Waals surface area contributed by atoms with Crippen LogP contribution in [0.1, 0.15) is 34.3 Å². The zero-order chi connectivity index (χ0) is 18.1. The molecule has 0 unspecified atom stereocenters. The summed E-state index contributed by atoms with van der Waals surface area (Å²) in [7, 11) is 1.70. The van der Waals surface area contributed by atoms with Crippen molar-refractivity contribution in [2.75, 3.05) is 25.5 Å². The molecule has 0 radical (unpaired) electrons. The first-order valence-corrected chi connectivity index (χ1v) is 9.14. The number of ether oxygens (including phenoxy) is 1. The Kier molecular flexibility index (Phi) is 4.32. The largest absolute Gasteiger partial charge is 0.497 e. The summed E-state index contributed by atoms with van der Waals surface area (Å²) in [6.07, 6.45) is 1.77. The summed E-state index contributed by atoms with van der Waals surface area (Å²) >= 11 is 0. The number of amides is 1. The van der Waals surface area contributed by atoms with Gasteiger partial charge in [-0.15, -0.1) is 0 Å². The summed E-state index contributed by atoms with van der Waals surface area (Å²) in [5, 5.41) is 6.86. The summed E-state index contributed by atoms with van der Waals surface area (Å²) in [5.74, 6) is 0.924. The second kappa shape index (κ2) is 6.65. The molecule has 2 aliphatic rings. The minimum absolute atomic E-state index is 0.0312. The van der Waals surface area contributed by atoms with Crippen LogP contribution in [0.4, 0.5) is 5.69 Å². The molecule has 2 aliphatic heterocycles. The van der Waals surface area contributed by atoms with Crippen LogP contribution in [0.25, 0.3) is 0 Å². The van der Waals surface area contributed by atoms with Gasteiger partial charge in [-0.05, 0) is 36.2 Å². The van der Waals surface area contributed by atoms with E-state index in [0.29, 0.717) is 0 Å². The van der Waals surface area contributed by atoms with Crippen LogP contribution in [0.15, 0.2) is 42.5 Å². The molecule has 1 amide bonds. The van der Waals surface area contributed by atoms with E-state index in [1.54, 1.807) is 7.11 Å². The fraction of sp³-hybridized carbons (Fsp3) is 0.381. The van der Waals surface area contributed by atoms with Gasteiger partial charge >= 0.3 is 0 Å². The highest BCUT2D eigenvalue weighted by atomic mass is 16.5. The van der Waals surface area contributed by atoms with Crippen molar-refractivity contribution in [1.29, 1.82) is 0 Å². The number of likely N-dealkylation sites (tertiary alicyclic amines) is 1. The number of aryl methyl sites for hydroxylation is 1. The molecule has 26 heavy (non-hydrogen) atoms. The number of nitrogens with one attached hydrogen (secondary N) is 2. The lowest BCUT2D eigenvalue weighted by atomic mass is 9.91. The highest BCUT2D eigenvalue weighted by Gasteiger charge is 2.40. The van der Waals surface area contributed by atoms with Crippen LogP contribution in [0.2, 0.25) is 0 Å². The molecular formula is C21H25N3O2. The molecule has 136 valence electrons. The van der Waals surface area contributed by atoms with Crippen molar-refractivity contribution in [2.45, 2.75) is 32.0 Å². The molecular weight excluding hydrogens is 326 g/mol. The van der Waals surface area contributed by atoms with Crippen molar-refractivity contribution < 1.29 is 9.53 Å². The maximum absolute atomic E-state index is 12.6. The molecule has 2 aromatic carbocycles. The van der Waals surface area contributed by atoms with E-state index in [1.807, 2.05) is 24.3 Å². The number of carbonyl (C=O) groups is 1. The third-order valence-electron chi connectivity index (χ3n) is 5.48. The molecule has 2 N–H and O–H groups in total. The van der Waals surface area contributed by atoms with Crippen molar-refractivity contribution in [3.63, 3.8) is 0 Å². The number of nitrogens with zero attached hydrogens (tertiary/aromatic N) is 1. The highest BCUT2D eigenvalue weighted by molar-refractivity contribution is 6.02. The Morgan fingerprint density at radius 1 is 1.12 bits per heavy atom. The van der Waals surface area contributed by atoms with Gasteiger partial charge < -0.3 is 15.4 Å². The molecule has 2 aromatic rings. The van der Waals surface area contributed by atoms with Gasteiger partial charge in [-0.3, -0.25) is 9.69 Å². The van der Waals surface area contributed by atoms with Crippen LogP contribution >= 0.6 is 0 Å². The lowest BCUT2D eigenvalue weighted by Gasteiger charge is -2.46. The Morgan fingerprint density at radius 3 is 2.65 bits per heavy atom. The van der Waals surface area contributed by atoms with Crippen LogP contribution in [0.5, 0.6) is 5.75 Å². The van der Waals surface area contributed by atoms with Crippen molar-refractivity contribution in [2.24, 2.45) is 0 Å². The standard InChI is InChI=1S/C21H25N3O2/c1-15-5-3-8-18-19(15)22-21(23-20(18)25)9-11-24(12-10-21)14-16-6-4-7-17(13-16)26-2/h3-8,13,22H,9-12,14H2,1-2H3,(H,23,25). The summed E-state index contributed by atoms with van der Waals surface area (Å²) in [5.41, 5.74) is 3.77. The number of para-hydroxylation sites is 1. The van der Waals surface area contributed by atoms with Crippen LogP contribution < -0.4 is 15.4 Å². The zero-order valence-electron chi connectivity index (χ0n) is 15.3. The van der Waals surface area contributed by atoms with Gasteiger partial charge in [-0.2, -0.15) is 0 Å². The SMILES string of the molecule is COc1cccc(CN2CCC3(CC2)NC(=O)c2cccc(C)c2N3)c1. The van der Waals surface area contributed by atoms with Gasteiger partial charge in [0.15, 0.2) is 0 Å². The molecule has 4 rings (SSSR count). The number of hydrogen-bond acceptors (Lipinski definition) is 4. The lowest BCUT2D eigenvalue weighted by Crippen LogP contribution is -2.62. The van der Waals surface area contributed by atoms with E-state index in [2.05, 4.69) is 40.7 Å². The normalized spacial score (nSPS) is 18.8. The maximum atomic E-state index is 12.6. The monoisotopic (exact) mass is 351 g/mol. The maximum Gasteiger partial charge on any atom is 0.255 e. The van der Waals surface area contributed by atoms with Crippen LogP contribution in [-0.2, 0) is 6.54 Å². The topological polar surface area (TPSA) is 53.6 Å². The summed E-state index contributed by atoms with van der Waals surface area (Å²) in [4.78, 5) is 15.0. The first-order chi connectivity index (χ1) is 12.6. The summed E-state index contributed by atoms with van der Waals surface area (Å²) in [6, 6.07) is 14.1. The van der Waals surface area contributed by atoms with E-state index in [9.17, 15) is 4.79 Å². The number of anilines is 1. The van der Waals surface area contributed by atoms with Crippen molar-refractivity contribution >= 4 is 11.6 Å². The van der Waals surface area contributed by atoms with E-state index >= 15 is 0 Å². The average molecular weight is 351 g/mol. The molecule has 1 saturated heterocycles. The van der Waals surface area contributed by atoms with E-state index in [-0.39, 0.29) is 11.6 Å². The first-order valence-electron chi connectivity index (χ1n) is 9.14. The predicted octanol–water partition coefficient (Wildman–Crippen LogP) is 3.15. The Morgan fingerprint density at radius 2 is 1.88 bits per heavy atom. The molecule has 0 saturated carbocycles. The van der Waals surface area contributed by atoms with Gasteiger partial charge in [0.2, 0.25) is 0 Å². The lowest BCUT2D eigenvalue weighted by molar-refractivity contribution is 0.0822. The average Bonchev–Trinajstić information content (AvgIpc) is 2.65. The summed E-state index contributed by atoms with van der Waals surface area (Å²) < 4.78 is 5.31. The predicted molar refractivity (Wildman–Crippen MR) is 103 cm³/mol. The van der Waals surface area contributed by atoms with Gasteiger partial charge in [-0.1, -0.05) is 24.3 Å².